The molecule has 2 amide bonds. The van der Waals surface area contributed by atoms with Gasteiger partial charge < -0.3 is 24.8 Å². The van der Waals surface area contributed by atoms with Gasteiger partial charge in [0.1, 0.15) is 6.04 Å². The van der Waals surface area contributed by atoms with E-state index in [2.05, 4.69) is 5.32 Å². The van der Waals surface area contributed by atoms with Gasteiger partial charge in [-0.3, -0.25) is 14.4 Å². The first-order valence-electron chi connectivity index (χ1n) is 8.66. The van der Waals surface area contributed by atoms with Crippen molar-refractivity contribution in [3.63, 3.8) is 0 Å². The molecule has 2 N–H and O–H groups in total. The highest BCUT2D eigenvalue weighted by Gasteiger charge is 2.35. The molecule has 1 aromatic rings. The van der Waals surface area contributed by atoms with Crippen molar-refractivity contribution < 1.29 is 29.0 Å². The van der Waals surface area contributed by atoms with Gasteiger partial charge in [-0.1, -0.05) is 6.92 Å². The van der Waals surface area contributed by atoms with Crippen molar-refractivity contribution >= 4 is 17.8 Å². The second kappa shape index (κ2) is 7.63. The zero-order valence-electron chi connectivity index (χ0n) is 14.6. The summed E-state index contributed by atoms with van der Waals surface area (Å²) in [6, 6.07) is 4.45. The number of fused-ring (bicyclic) bond motifs is 1. The summed E-state index contributed by atoms with van der Waals surface area (Å²) in [6.45, 7) is 2.68. The number of nitrogens with one attached hydrogen (secondary N) is 1. The second-order valence-corrected chi connectivity index (χ2v) is 6.67. The minimum absolute atomic E-state index is 0.00914. The minimum Gasteiger partial charge on any atom is -0.481 e. The molecule has 1 saturated heterocycles. The van der Waals surface area contributed by atoms with Crippen molar-refractivity contribution in [2.45, 2.75) is 32.2 Å². The maximum Gasteiger partial charge on any atom is 0.303 e. The van der Waals surface area contributed by atoms with E-state index in [1.807, 2.05) is 0 Å². The Kier molecular flexibility index (Phi) is 5.29. The molecular formula is C18H22N2O6. The summed E-state index contributed by atoms with van der Waals surface area (Å²) < 4.78 is 10.5. The standard InChI is InChI=1S/C18H22N2O6/c1-11(7-16(21)22)9-19-17(23)13-3-2-6-20(13)18(24)12-4-5-14-15(8-12)26-10-25-14/h4-5,8,11,13H,2-3,6-7,9-10H2,1H3,(H,19,23)(H,21,22). The lowest BCUT2D eigenvalue weighted by Crippen LogP contribution is -2.46. The largest absolute Gasteiger partial charge is 0.481 e. The molecule has 1 fully saturated rings. The van der Waals surface area contributed by atoms with E-state index in [0.29, 0.717) is 30.0 Å². The van der Waals surface area contributed by atoms with Gasteiger partial charge in [-0.2, -0.15) is 0 Å². The Bertz CT molecular complexity index is 720. The lowest BCUT2D eigenvalue weighted by molar-refractivity contribution is -0.138. The van der Waals surface area contributed by atoms with Crippen LogP contribution in [-0.2, 0) is 9.59 Å². The first kappa shape index (κ1) is 18.0. The van der Waals surface area contributed by atoms with E-state index < -0.39 is 12.0 Å². The lowest BCUT2D eigenvalue weighted by atomic mass is 10.1. The number of rotatable bonds is 6. The molecule has 0 aliphatic carbocycles. The van der Waals surface area contributed by atoms with Crippen LogP contribution in [0.2, 0.25) is 0 Å². The highest BCUT2D eigenvalue weighted by Crippen LogP contribution is 2.33. The van der Waals surface area contributed by atoms with Gasteiger partial charge in [0.05, 0.1) is 0 Å². The average molecular weight is 362 g/mol. The van der Waals surface area contributed by atoms with Crippen LogP contribution in [-0.4, -0.2) is 53.7 Å². The van der Waals surface area contributed by atoms with Crippen LogP contribution in [0.3, 0.4) is 0 Å². The fourth-order valence-corrected chi connectivity index (χ4v) is 3.24. The molecule has 0 bridgehead atoms. The normalized spacial score (nSPS) is 19.3. The molecule has 2 atom stereocenters. The van der Waals surface area contributed by atoms with Crippen molar-refractivity contribution in [2.24, 2.45) is 5.92 Å². The monoisotopic (exact) mass is 362 g/mol. The Morgan fingerprint density at radius 2 is 2.08 bits per heavy atom. The SMILES string of the molecule is CC(CNC(=O)C1CCCN1C(=O)c1ccc2c(c1)OCO2)CC(=O)O. The van der Waals surface area contributed by atoms with Gasteiger partial charge in [0, 0.05) is 25.1 Å². The zero-order chi connectivity index (χ0) is 18.7. The molecule has 8 heteroatoms. The number of benzene rings is 1. The van der Waals surface area contributed by atoms with Gasteiger partial charge >= 0.3 is 5.97 Å². The summed E-state index contributed by atoms with van der Waals surface area (Å²) in [7, 11) is 0. The van der Waals surface area contributed by atoms with E-state index in [0.717, 1.165) is 6.42 Å². The Morgan fingerprint density at radius 1 is 1.31 bits per heavy atom. The average Bonchev–Trinajstić information content (AvgIpc) is 3.26. The van der Waals surface area contributed by atoms with Gasteiger partial charge in [0.15, 0.2) is 11.5 Å². The maximum absolute atomic E-state index is 12.8. The smallest absolute Gasteiger partial charge is 0.303 e. The van der Waals surface area contributed by atoms with Crippen molar-refractivity contribution in [1.29, 1.82) is 0 Å². The number of aliphatic carboxylic acids is 1. The number of ether oxygens (including phenoxy) is 2. The van der Waals surface area contributed by atoms with Crippen molar-refractivity contribution in [3.8, 4) is 11.5 Å². The molecule has 140 valence electrons. The first-order valence-corrected chi connectivity index (χ1v) is 8.66. The number of hydrogen-bond acceptors (Lipinski definition) is 5. The van der Waals surface area contributed by atoms with Crippen molar-refractivity contribution in [1.82, 2.24) is 10.2 Å². The minimum atomic E-state index is -0.896. The number of carbonyl (C=O) groups excluding carboxylic acids is 2. The third-order valence-corrected chi connectivity index (χ3v) is 4.58. The number of nitrogens with zero attached hydrogens (tertiary/aromatic N) is 1. The molecule has 26 heavy (non-hydrogen) atoms. The summed E-state index contributed by atoms with van der Waals surface area (Å²) in [5, 5.41) is 11.6. The van der Waals surface area contributed by atoms with E-state index in [-0.39, 0.29) is 37.5 Å². The molecule has 2 aliphatic rings. The van der Waals surface area contributed by atoms with E-state index in [1.165, 1.54) is 0 Å². The predicted molar refractivity (Wildman–Crippen MR) is 91.1 cm³/mol. The third-order valence-electron chi connectivity index (χ3n) is 4.58. The van der Waals surface area contributed by atoms with Gasteiger partial charge in [0.25, 0.3) is 5.91 Å². The molecule has 2 unspecified atom stereocenters. The highest BCUT2D eigenvalue weighted by molar-refractivity contribution is 5.98. The van der Waals surface area contributed by atoms with Crippen LogP contribution < -0.4 is 14.8 Å². The van der Waals surface area contributed by atoms with Crippen molar-refractivity contribution in [3.05, 3.63) is 23.8 Å². The summed E-state index contributed by atoms with van der Waals surface area (Å²) in [6.07, 6.45) is 1.33. The number of carboxylic acid groups (broad SMARTS) is 1. The molecule has 0 radical (unpaired) electrons. The molecule has 3 rings (SSSR count). The molecule has 0 aromatic heterocycles. The molecule has 8 nitrogen and oxygen atoms in total. The Balaban J connectivity index is 1.63. The topological polar surface area (TPSA) is 105 Å². The van der Waals surface area contributed by atoms with Gasteiger partial charge in [-0.15, -0.1) is 0 Å². The van der Waals surface area contributed by atoms with Crippen LogP contribution in [0.4, 0.5) is 0 Å². The van der Waals surface area contributed by atoms with E-state index in [9.17, 15) is 14.4 Å². The fourth-order valence-electron chi connectivity index (χ4n) is 3.24. The van der Waals surface area contributed by atoms with Crippen LogP contribution in [0.1, 0.15) is 36.5 Å². The first-order chi connectivity index (χ1) is 12.5. The predicted octanol–water partition coefficient (Wildman–Crippen LogP) is 1.25. The number of likely N-dealkylation sites (tertiary alicyclic amines) is 1. The molecule has 0 saturated carbocycles. The quantitative estimate of drug-likeness (QED) is 0.789. The van der Waals surface area contributed by atoms with E-state index in [1.54, 1.807) is 30.0 Å². The lowest BCUT2D eigenvalue weighted by Gasteiger charge is -2.24. The van der Waals surface area contributed by atoms with Crippen LogP contribution in [0.25, 0.3) is 0 Å². The number of hydrogen-bond donors (Lipinski definition) is 2. The molecule has 2 heterocycles. The summed E-state index contributed by atoms with van der Waals surface area (Å²) in [5.41, 5.74) is 0.452. The number of carbonyl (C=O) groups is 3. The van der Waals surface area contributed by atoms with E-state index in [4.69, 9.17) is 14.6 Å². The summed E-state index contributed by atoms with van der Waals surface area (Å²) >= 11 is 0. The van der Waals surface area contributed by atoms with Gasteiger partial charge in [-0.25, -0.2) is 0 Å². The highest BCUT2D eigenvalue weighted by atomic mass is 16.7. The maximum atomic E-state index is 12.8. The van der Waals surface area contributed by atoms with Crippen LogP contribution in [0.5, 0.6) is 11.5 Å². The Hall–Kier alpha value is -2.77. The Labute approximate surface area is 151 Å². The molecule has 1 aromatic carbocycles. The van der Waals surface area contributed by atoms with Crippen molar-refractivity contribution in [2.75, 3.05) is 19.9 Å². The Morgan fingerprint density at radius 3 is 2.85 bits per heavy atom. The zero-order valence-corrected chi connectivity index (χ0v) is 14.6. The fraction of sp³-hybridized carbons (Fsp3) is 0.500. The van der Waals surface area contributed by atoms with E-state index >= 15 is 0 Å². The van der Waals surface area contributed by atoms with Crippen LogP contribution in [0.15, 0.2) is 18.2 Å². The van der Waals surface area contributed by atoms with Gasteiger partial charge in [0.2, 0.25) is 12.7 Å². The molecule has 2 aliphatic heterocycles. The summed E-state index contributed by atoms with van der Waals surface area (Å²) in [5.74, 6) is -0.403. The summed E-state index contributed by atoms with van der Waals surface area (Å²) in [4.78, 5) is 37.6. The molecular weight excluding hydrogens is 340 g/mol. The van der Waals surface area contributed by atoms with Gasteiger partial charge in [-0.05, 0) is 37.0 Å². The van der Waals surface area contributed by atoms with Crippen LogP contribution in [0, 0.1) is 5.92 Å². The van der Waals surface area contributed by atoms with Crippen LogP contribution >= 0.6 is 0 Å². The third kappa shape index (κ3) is 3.89. The number of amides is 2. The molecule has 0 spiro atoms. The number of carboxylic acids is 1. The second-order valence-electron chi connectivity index (χ2n) is 6.67.